The average molecular weight is 307 g/mol. The molecule has 0 saturated carbocycles. The van der Waals surface area contributed by atoms with Crippen molar-refractivity contribution in [3.63, 3.8) is 0 Å². The highest BCUT2D eigenvalue weighted by Gasteiger charge is 2.23. The highest BCUT2D eigenvalue weighted by molar-refractivity contribution is 6.07. The van der Waals surface area contributed by atoms with Gasteiger partial charge in [0.25, 0.3) is 0 Å². The third-order valence-corrected chi connectivity index (χ3v) is 5.28. The minimum atomic E-state index is 1.05. The van der Waals surface area contributed by atoms with Crippen LogP contribution in [0.15, 0.2) is 18.3 Å². The van der Waals surface area contributed by atoms with Crippen LogP contribution in [0.3, 0.4) is 0 Å². The zero-order valence-corrected chi connectivity index (χ0v) is 13.2. The van der Waals surface area contributed by atoms with Gasteiger partial charge in [0.15, 0.2) is 0 Å². The molecule has 2 N–H and O–H groups in total. The molecule has 1 aliphatic heterocycles. The number of aryl methyl sites for hydroxylation is 1. The van der Waals surface area contributed by atoms with E-state index in [1.54, 1.807) is 0 Å². The van der Waals surface area contributed by atoms with Crippen molar-refractivity contribution in [3.8, 4) is 0 Å². The van der Waals surface area contributed by atoms with Gasteiger partial charge in [-0.25, -0.2) is 4.98 Å². The van der Waals surface area contributed by atoms with Crippen LogP contribution >= 0.6 is 0 Å². The molecule has 5 rings (SSSR count). The van der Waals surface area contributed by atoms with Gasteiger partial charge in [0, 0.05) is 37.0 Å². The number of benzene rings is 1. The van der Waals surface area contributed by atoms with Gasteiger partial charge < -0.3 is 10.2 Å². The molecule has 3 aromatic rings. The molecule has 2 aromatic heterocycles. The molecule has 0 bridgehead atoms. The highest BCUT2D eigenvalue weighted by Crippen LogP contribution is 2.37. The van der Waals surface area contributed by atoms with E-state index in [9.17, 15) is 0 Å². The van der Waals surface area contributed by atoms with Gasteiger partial charge in [0.2, 0.25) is 0 Å². The molecular formula is C18H21N5. The Balaban J connectivity index is 1.81. The van der Waals surface area contributed by atoms with Gasteiger partial charge in [-0.1, -0.05) is 0 Å². The van der Waals surface area contributed by atoms with E-state index < -0.39 is 0 Å². The minimum absolute atomic E-state index is 1.05. The van der Waals surface area contributed by atoms with Gasteiger partial charge in [0.05, 0.1) is 17.2 Å². The number of pyridine rings is 1. The minimum Gasteiger partial charge on any atom is -0.354 e. The summed E-state index contributed by atoms with van der Waals surface area (Å²) in [7, 11) is 0. The number of piperazine rings is 1. The maximum atomic E-state index is 5.10. The van der Waals surface area contributed by atoms with Crippen LogP contribution in [0.5, 0.6) is 0 Å². The highest BCUT2D eigenvalue weighted by atomic mass is 15.2. The Morgan fingerprint density at radius 1 is 1.00 bits per heavy atom. The number of rotatable bonds is 1. The molecular weight excluding hydrogens is 286 g/mol. The Kier molecular flexibility index (Phi) is 3.01. The number of hydrogen-bond donors (Lipinski definition) is 2. The van der Waals surface area contributed by atoms with Crippen molar-refractivity contribution in [1.29, 1.82) is 0 Å². The van der Waals surface area contributed by atoms with Crippen LogP contribution in [0.25, 0.3) is 21.8 Å². The van der Waals surface area contributed by atoms with Crippen LogP contribution in [-0.2, 0) is 12.8 Å². The molecule has 23 heavy (non-hydrogen) atoms. The smallest absolute Gasteiger partial charge is 0.132 e. The van der Waals surface area contributed by atoms with E-state index in [0.29, 0.717) is 0 Å². The van der Waals surface area contributed by atoms with Gasteiger partial charge in [-0.3, -0.25) is 5.10 Å². The number of aromatic amines is 1. The van der Waals surface area contributed by atoms with Gasteiger partial charge >= 0.3 is 0 Å². The van der Waals surface area contributed by atoms with E-state index in [1.165, 1.54) is 40.6 Å². The zero-order valence-electron chi connectivity index (χ0n) is 13.2. The van der Waals surface area contributed by atoms with Gasteiger partial charge in [-0.05, 0) is 48.9 Å². The Morgan fingerprint density at radius 3 is 2.70 bits per heavy atom. The van der Waals surface area contributed by atoms with Crippen LogP contribution in [0, 0.1) is 0 Å². The maximum absolute atomic E-state index is 5.10. The van der Waals surface area contributed by atoms with Crippen LogP contribution in [0.4, 0.5) is 5.82 Å². The second-order valence-electron chi connectivity index (χ2n) is 6.63. The zero-order chi connectivity index (χ0) is 15.2. The number of nitrogens with zero attached hydrogens (tertiary/aromatic N) is 3. The van der Waals surface area contributed by atoms with Crippen LogP contribution < -0.4 is 10.2 Å². The second-order valence-corrected chi connectivity index (χ2v) is 6.63. The number of nitrogens with one attached hydrogen (secondary N) is 2. The molecule has 0 spiro atoms. The number of fused-ring (bicyclic) bond motifs is 5. The summed E-state index contributed by atoms with van der Waals surface area (Å²) in [6.45, 7) is 4.21. The van der Waals surface area contributed by atoms with Crippen molar-refractivity contribution in [2.75, 3.05) is 31.1 Å². The largest absolute Gasteiger partial charge is 0.354 e. The topological polar surface area (TPSA) is 56.8 Å². The van der Waals surface area contributed by atoms with E-state index in [1.807, 2.05) is 6.20 Å². The molecule has 1 fully saturated rings. The molecule has 118 valence electrons. The first-order valence-electron chi connectivity index (χ1n) is 8.65. The molecule has 1 saturated heterocycles. The van der Waals surface area contributed by atoms with Crippen LogP contribution in [0.1, 0.15) is 24.0 Å². The average Bonchev–Trinajstić information content (AvgIpc) is 3.10. The monoisotopic (exact) mass is 307 g/mol. The van der Waals surface area contributed by atoms with Gasteiger partial charge in [0.1, 0.15) is 5.82 Å². The SMILES string of the molecule is c1cc2[nH]ncc2c2c3c(c(N4CCNCC4)nc12)CCCC3. The van der Waals surface area contributed by atoms with E-state index in [4.69, 9.17) is 4.98 Å². The number of H-pyrrole nitrogens is 1. The first-order chi connectivity index (χ1) is 11.4. The van der Waals surface area contributed by atoms with Crippen molar-refractivity contribution in [1.82, 2.24) is 20.5 Å². The first kappa shape index (κ1) is 13.3. The molecule has 0 atom stereocenters. The normalized spacial score (nSPS) is 18.5. The molecule has 2 aliphatic rings. The third kappa shape index (κ3) is 2.03. The van der Waals surface area contributed by atoms with Crippen molar-refractivity contribution in [2.24, 2.45) is 0 Å². The maximum Gasteiger partial charge on any atom is 0.132 e. The standard InChI is InChI=1S/C18H21N5/c1-2-4-13-12(3-1)17-14-11-20-22-15(14)5-6-16(17)21-18(13)23-9-7-19-8-10-23/h5-6,11,19H,1-4,7-10H2,(H,20,22). The molecule has 3 heterocycles. The van der Waals surface area contributed by atoms with Crippen molar-refractivity contribution < 1.29 is 0 Å². The number of anilines is 1. The number of aromatic nitrogens is 3. The summed E-state index contributed by atoms with van der Waals surface area (Å²) < 4.78 is 0. The van der Waals surface area contributed by atoms with E-state index in [-0.39, 0.29) is 0 Å². The Morgan fingerprint density at radius 2 is 1.83 bits per heavy atom. The molecule has 5 heteroatoms. The first-order valence-corrected chi connectivity index (χ1v) is 8.65. The van der Waals surface area contributed by atoms with Crippen molar-refractivity contribution in [3.05, 3.63) is 29.5 Å². The number of hydrogen-bond acceptors (Lipinski definition) is 4. The lowest BCUT2D eigenvalue weighted by molar-refractivity contribution is 0.580. The Hall–Kier alpha value is -2.14. The van der Waals surface area contributed by atoms with Crippen molar-refractivity contribution in [2.45, 2.75) is 25.7 Å². The lowest BCUT2D eigenvalue weighted by Crippen LogP contribution is -2.44. The Bertz CT molecular complexity index is 876. The predicted molar refractivity (Wildman–Crippen MR) is 93.1 cm³/mol. The van der Waals surface area contributed by atoms with Gasteiger partial charge in [-0.2, -0.15) is 5.10 Å². The second kappa shape index (κ2) is 5.20. The molecule has 0 amide bonds. The van der Waals surface area contributed by atoms with E-state index >= 15 is 0 Å². The van der Waals surface area contributed by atoms with E-state index in [2.05, 4.69) is 32.5 Å². The summed E-state index contributed by atoms with van der Waals surface area (Å²) in [6.07, 6.45) is 6.84. The lowest BCUT2D eigenvalue weighted by Gasteiger charge is -2.32. The molecule has 0 unspecified atom stereocenters. The summed E-state index contributed by atoms with van der Waals surface area (Å²) in [5, 5.41) is 13.3. The Labute approximate surface area is 135 Å². The summed E-state index contributed by atoms with van der Waals surface area (Å²) in [5.74, 6) is 1.23. The van der Waals surface area contributed by atoms with Crippen molar-refractivity contribution >= 4 is 27.6 Å². The molecule has 1 aliphatic carbocycles. The van der Waals surface area contributed by atoms with Crippen LogP contribution in [-0.4, -0.2) is 41.4 Å². The lowest BCUT2D eigenvalue weighted by atomic mass is 9.88. The summed E-state index contributed by atoms with van der Waals surface area (Å²) >= 11 is 0. The van der Waals surface area contributed by atoms with E-state index in [0.717, 1.165) is 50.1 Å². The summed E-state index contributed by atoms with van der Waals surface area (Å²) in [6, 6.07) is 4.25. The van der Waals surface area contributed by atoms with Crippen LogP contribution in [0.2, 0.25) is 0 Å². The quantitative estimate of drug-likeness (QED) is 0.725. The predicted octanol–water partition coefficient (Wildman–Crippen LogP) is 2.40. The van der Waals surface area contributed by atoms with Gasteiger partial charge in [-0.15, -0.1) is 0 Å². The summed E-state index contributed by atoms with van der Waals surface area (Å²) in [4.78, 5) is 7.57. The third-order valence-electron chi connectivity index (χ3n) is 5.28. The molecule has 5 nitrogen and oxygen atoms in total. The summed E-state index contributed by atoms with van der Waals surface area (Å²) in [5.41, 5.74) is 5.23. The molecule has 0 radical (unpaired) electrons. The fourth-order valence-electron chi connectivity index (χ4n) is 4.16. The molecule has 1 aromatic carbocycles. The fourth-order valence-corrected chi connectivity index (χ4v) is 4.16. The fraction of sp³-hybridized carbons (Fsp3) is 0.444.